The summed E-state index contributed by atoms with van der Waals surface area (Å²) in [4.78, 5) is 0. The van der Waals surface area contributed by atoms with E-state index < -0.39 is 68.2 Å². The molecular weight excluding hydrogens is 859 g/mol. The van der Waals surface area contributed by atoms with Crippen LogP contribution in [0.3, 0.4) is 0 Å². The van der Waals surface area contributed by atoms with Gasteiger partial charge < -0.3 is 9.47 Å². The molecule has 0 saturated carbocycles. The quantitative estimate of drug-likeness (QED) is 0.177. The average Bonchev–Trinajstić information content (AvgIpc) is 3.78. The predicted octanol–water partition coefficient (Wildman–Crippen LogP) is 10.2. The largest absolute Gasteiger partial charge is 0.416 e. The van der Waals surface area contributed by atoms with Crippen molar-refractivity contribution in [3.8, 4) is 48.6 Å². The van der Waals surface area contributed by atoms with Crippen LogP contribution in [-0.4, -0.2) is 13.2 Å². The minimum Gasteiger partial charge on any atom is -0.363 e. The zero-order valence-corrected chi connectivity index (χ0v) is 34.2. The Morgan fingerprint density at radius 2 is 0.727 bits per heavy atom. The van der Waals surface area contributed by atoms with Crippen LogP contribution in [0.5, 0.6) is 0 Å². The van der Waals surface area contributed by atoms with Gasteiger partial charge in [0.05, 0.1) is 59.7 Å². The highest BCUT2D eigenvalue weighted by atomic mass is 19.4. The third kappa shape index (κ3) is 6.24. The van der Waals surface area contributed by atoms with Gasteiger partial charge in [-0.1, -0.05) is 84.9 Å². The Morgan fingerprint density at radius 3 is 0.985 bits per heavy atom. The van der Waals surface area contributed by atoms with Crippen molar-refractivity contribution in [2.24, 2.45) is 33.5 Å². The molecule has 4 atom stereocenters. The van der Waals surface area contributed by atoms with Crippen molar-refractivity contribution in [1.82, 2.24) is 0 Å². The van der Waals surface area contributed by atoms with E-state index in [9.17, 15) is 68.4 Å². The lowest BCUT2D eigenvalue weighted by molar-refractivity contribution is -0.138. The molecule has 4 aromatic rings. The molecule has 0 unspecified atom stereocenters. The van der Waals surface area contributed by atoms with Crippen LogP contribution >= 0.6 is 0 Å². The first-order valence-corrected chi connectivity index (χ1v) is 20.0. The number of fused-ring (bicyclic) bond motifs is 6. The van der Waals surface area contributed by atoms with Crippen LogP contribution in [0.25, 0.3) is 11.1 Å². The van der Waals surface area contributed by atoms with E-state index in [2.05, 4.69) is 0 Å². The average molecular weight is 889 g/mol. The maximum Gasteiger partial charge on any atom is 0.416 e. The van der Waals surface area contributed by atoms with Crippen LogP contribution in [0, 0.1) is 124 Å². The summed E-state index contributed by atoms with van der Waals surface area (Å²) in [7, 11) is 0. The summed E-state index contributed by atoms with van der Waals surface area (Å²) in [6.45, 7) is 0.0762. The Labute approximate surface area is 374 Å². The highest BCUT2D eigenvalue weighted by molar-refractivity contribution is 5.77. The maximum absolute atomic E-state index is 13.1. The molecule has 66 heavy (non-hydrogen) atoms. The molecule has 4 bridgehead atoms. The number of alkyl halides is 6. The highest BCUT2D eigenvalue weighted by Gasteiger charge is 2.75. The Morgan fingerprint density at radius 1 is 0.424 bits per heavy atom. The number of hydrogen-bond acceptors (Lipinski definition) is 10. The van der Waals surface area contributed by atoms with Crippen molar-refractivity contribution in [2.45, 2.75) is 36.4 Å². The lowest BCUT2D eigenvalue weighted by Crippen LogP contribution is -2.58. The molecule has 0 aromatic heterocycles. The van der Waals surface area contributed by atoms with Gasteiger partial charge in [0.15, 0.2) is 10.8 Å². The Bertz CT molecular complexity index is 2720. The van der Waals surface area contributed by atoms with E-state index >= 15 is 0 Å². The van der Waals surface area contributed by atoms with Gasteiger partial charge in [-0.15, -0.1) is 0 Å². The smallest absolute Gasteiger partial charge is 0.363 e. The molecule has 2 aliphatic carbocycles. The van der Waals surface area contributed by atoms with E-state index in [4.69, 9.17) is 9.47 Å². The van der Waals surface area contributed by atoms with E-state index in [1.165, 1.54) is 24.3 Å². The molecule has 0 radical (unpaired) electrons. The van der Waals surface area contributed by atoms with Crippen molar-refractivity contribution in [3.63, 3.8) is 0 Å². The molecule has 4 aliphatic heterocycles. The lowest BCUT2D eigenvalue weighted by Gasteiger charge is -2.49. The van der Waals surface area contributed by atoms with Crippen LogP contribution in [0.1, 0.15) is 46.2 Å². The van der Waals surface area contributed by atoms with Crippen molar-refractivity contribution >= 4 is 11.1 Å². The molecule has 10 nitrogen and oxygen atoms in total. The molecule has 4 aromatic carbocycles. The Balaban J connectivity index is 0.000000196. The van der Waals surface area contributed by atoms with Gasteiger partial charge in [0, 0.05) is 25.0 Å². The zero-order chi connectivity index (χ0) is 47.8. The summed E-state index contributed by atoms with van der Waals surface area (Å²) < 4.78 is 90.9. The summed E-state index contributed by atoms with van der Waals surface area (Å²) in [5, 5.41) is 82.2. The van der Waals surface area contributed by atoms with Gasteiger partial charge in [-0.25, -0.2) is 0 Å². The molecular formula is C50H30F6N8O2. The molecule has 0 amide bonds. The fourth-order valence-corrected chi connectivity index (χ4v) is 9.99. The second kappa shape index (κ2) is 16.4. The van der Waals surface area contributed by atoms with Crippen molar-refractivity contribution in [3.05, 3.63) is 155 Å². The lowest BCUT2D eigenvalue weighted by atomic mass is 9.47. The van der Waals surface area contributed by atoms with Gasteiger partial charge in [0.25, 0.3) is 0 Å². The van der Waals surface area contributed by atoms with E-state index in [0.717, 1.165) is 24.3 Å². The van der Waals surface area contributed by atoms with Gasteiger partial charge in [-0.3, -0.25) is 0 Å². The number of benzene rings is 4. The van der Waals surface area contributed by atoms with Gasteiger partial charge >= 0.3 is 12.4 Å². The van der Waals surface area contributed by atoms with E-state index in [0.29, 0.717) is 33.4 Å². The summed E-state index contributed by atoms with van der Waals surface area (Å²) in [6, 6.07) is 41.1. The van der Waals surface area contributed by atoms with Crippen molar-refractivity contribution < 1.29 is 35.8 Å². The Kier molecular flexibility index (Phi) is 11.4. The SMILES string of the molecule is N#CC1(C#N)[C@H]2CCO[C@](c3ccccc3)(C=C2c2ccc(C(F)(F)F)cc2)C1(C#N)C#N.N#CC1(C#N)[C@H]2CCO[C@](c3ccccc3)(C=C2c2ccc(C(F)(F)F)cc2)C1(C#N)C#N. The number of halogens is 6. The van der Waals surface area contributed by atoms with Gasteiger partial charge in [-0.05, 0) is 82.7 Å². The molecule has 16 heteroatoms. The monoisotopic (exact) mass is 888 g/mol. The van der Waals surface area contributed by atoms with Gasteiger partial charge in [0.2, 0.25) is 10.8 Å². The third-order valence-corrected chi connectivity index (χ3v) is 13.2. The number of nitrogens with zero attached hydrogens (tertiary/aromatic N) is 8. The normalized spacial score (nSPS) is 24.8. The topological polar surface area (TPSA) is 209 Å². The van der Waals surface area contributed by atoms with E-state index in [-0.39, 0.29) is 26.1 Å². The molecule has 10 rings (SSSR count). The fraction of sp³-hybridized carbons (Fsp3) is 0.280. The third-order valence-electron chi connectivity index (χ3n) is 13.2. The first-order valence-electron chi connectivity index (χ1n) is 20.0. The van der Waals surface area contributed by atoms with Crippen LogP contribution in [0.4, 0.5) is 26.3 Å². The van der Waals surface area contributed by atoms with Crippen LogP contribution in [0.2, 0.25) is 0 Å². The predicted molar refractivity (Wildman–Crippen MR) is 218 cm³/mol. The van der Waals surface area contributed by atoms with Crippen LogP contribution in [0.15, 0.2) is 121 Å². The number of nitriles is 8. The summed E-state index contributed by atoms with van der Waals surface area (Å²) in [5.41, 5.74) is -11.6. The number of ether oxygens (including phenoxy) is 2. The van der Waals surface area contributed by atoms with Crippen LogP contribution in [-0.2, 0) is 33.0 Å². The summed E-state index contributed by atoms with van der Waals surface area (Å²) in [5.74, 6) is -1.86. The van der Waals surface area contributed by atoms with Crippen LogP contribution < -0.4 is 0 Å². The highest BCUT2D eigenvalue weighted by Crippen LogP contribution is 2.67. The Hall–Kier alpha value is -8.22. The standard InChI is InChI=1S/2C25H15F3N4O/c2*26-25(27,28)19-8-6-17(7-9-19)20-12-24(18-4-2-1-3-5-18)23(15-31,16-32)22(13-29,14-30)21(20)10-11-33-24/h2*1-9,12,21H,10-11H2/t2*21-,24-/m00/s1. The second-order valence-electron chi connectivity index (χ2n) is 15.9. The molecule has 6 aliphatic rings. The number of rotatable bonds is 4. The number of allylic oxidation sites excluding steroid dienone is 2. The fourth-order valence-electron chi connectivity index (χ4n) is 9.99. The molecule has 0 spiro atoms. The summed E-state index contributed by atoms with van der Waals surface area (Å²) in [6.07, 6.45) is -5.70. The van der Waals surface area contributed by atoms with E-state index in [1.54, 1.807) is 72.8 Å². The van der Waals surface area contributed by atoms with Crippen molar-refractivity contribution in [1.29, 1.82) is 42.1 Å². The number of hydrogen-bond donors (Lipinski definition) is 0. The summed E-state index contributed by atoms with van der Waals surface area (Å²) >= 11 is 0. The van der Waals surface area contributed by atoms with Gasteiger partial charge in [0.1, 0.15) is 11.2 Å². The first kappa shape index (κ1) is 45.8. The minimum atomic E-state index is -4.52. The molecule has 4 heterocycles. The second-order valence-corrected chi connectivity index (χ2v) is 15.9. The molecule has 0 N–H and O–H groups in total. The molecule has 2 fully saturated rings. The molecule has 2 saturated heterocycles. The maximum atomic E-state index is 13.1. The van der Waals surface area contributed by atoms with Gasteiger partial charge in [-0.2, -0.15) is 68.4 Å². The zero-order valence-electron chi connectivity index (χ0n) is 34.2. The molecule has 324 valence electrons. The minimum absolute atomic E-state index is 0.0381. The first-order chi connectivity index (χ1) is 31.5. The van der Waals surface area contributed by atoms with E-state index in [1.807, 2.05) is 48.6 Å². The van der Waals surface area contributed by atoms with Crippen molar-refractivity contribution in [2.75, 3.05) is 13.2 Å².